The predicted octanol–water partition coefficient (Wildman–Crippen LogP) is 3.78. The molecule has 0 radical (unpaired) electrons. The number of carbonyl (C=O) groups excluding carboxylic acids is 1. The van der Waals surface area contributed by atoms with Crippen LogP contribution in [0.25, 0.3) is 27.3 Å². The van der Waals surface area contributed by atoms with Crippen molar-refractivity contribution in [3.8, 4) is 0 Å². The summed E-state index contributed by atoms with van der Waals surface area (Å²) >= 11 is 0. The summed E-state index contributed by atoms with van der Waals surface area (Å²) < 4.78 is 1.45. The third kappa shape index (κ3) is 3.16. The van der Waals surface area contributed by atoms with Crippen molar-refractivity contribution >= 4 is 33.2 Å². The molecule has 5 nitrogen and oxygen atoms in total. The molecule has 0 aliphatic carbocycles. The molecular formula is C22H21N3O2. The number of pyridine rings is 1. The zero-order valence-electron chi connectivity index (χ0n) is 15.4. The van der Waals surface area contributed by atoms with Gasteiger partial charge in [-0.15, -0.1) is 0 Å². The average molecular weight is 359 g/mol. The van der Waals surface area contributed by atoms with Crippen LogP contribution in [0.4, 0.5) is 0 Å². The second kappa shape index (κ2) is 6.83. The van der Waals surface area contributed by atoms with Crippen LogP contribution in [0, 0.1) is 5.92 Å². The maximum absolute atomic E-state index is 13.0. The minimum absolute atomic E-state index is 0.169. The van der Waals surface area contributed by atoms with Crippen molar-refractivity contribution in [3.05, 3.63) is 70.6 Å². The number of benzene rings is 2. The van der Waals surface area contributed by atoms with Crippen LogP contribution in [0.3, 0.4) is 0 Å². The van der Waals surface area contributed by atoms with E-state index in [9.17, 15) is 9.59 Å². The largest absolute Gasteiger partial charge is 0.352 e. The number of nitrogens with one attached hydrogen (secondary N) is 1. The van der Waals surface area contributed by atoms with E-state index in [-0.39, 0.29) is 11.5 Å². The van der Waals surface area contributed by atoms with E-state index >= 15 is 0 Å². The molecule has 0 bridgehead atoms. The number of aromatic nitrogens is 2. The van der Waals surface area contributed by atoms with E-state index in [4.69, 9.17) is 0 Å². The van der Waals surface area contributed by atoms with E-state index in [0.717, 1.165) is 17.2 Å². The zero-order valence-corrected chi connectivity index (χ0v) is 15.4. The summed E-state index contributed by atoms with van der Waals surface area (Å²) in [4.78, 5) is 30.3. The fourth-order valence-corrected chi connectivity index (χ4v) is 3.26. The first-order valence-electron chi connectivity index (χ1n) is 9.16. The molecule has 0 aliphatic heterocycles. The fraction of sp³-hybridized carbons (Fsp3) is 0.227. The van der Waals surface area contributed by atoms with Gasteiger partial charge in [-0.2, -0.15) is 0 Å². The molecule has 0 fully saturated rings. The van der Waals surface area contributed by atoms with E-state index in [2.05, 4.69) is 24.1 Å². The van der Waals surface area contributed by atoms with Crippen molar-refractivity contribution in [1.82, 2.24) is 14.7 Å². The summed E-state index contributed by atoms with van der Waals surface area (Å²) in [6, 6.07) is 15.0. The highest BCUT2D eigenvalue weighted by Crippen LogP contribution is 2.20. The normalized spacial score (nSPS) is 11.5. The molecule has 0 saturated carbocycles. The van der Waals surface area contributed by atoms with Gasteiger partial charge in [-0.1, -0.05) is 38.1 Å². The zero-order chi connectivity index (χ0) is 19.0. The molecule has 1 N–H and O–H groups in total. The van der Waals surface area contributed by atoms with Crippen LogP contribution < -0.4 is 10.9 Å². The lowest BCUT2D eigenvalue weighted by atomic mass is 10.1. The standard InChI is InChI=1S/C22H21N3O2/c1-14(2)9-10-23-21(26)17-8-5-11-25-20(17)24-19-13-16-7-4-3-6-15(16)12-18(19)22(25)27/h3-8,11-14H,9-10H2,1-2H3,(H,23,26). The van der Waals surface area contributed by atoms with Crippen LogP contribution in [-0.2, 0) is 0 Å². The minimum Gasteiger partial charge on any atom is -0.352 e. The van der Waals surface area contributed by atoms with E-state index in [1.165, 1.54) is 4.40 Å². The molecule has 4 rings (SSSR count). The fourth-order valence-electron chi connectivity index (χ4n) is 3.26. The average Bonchev–Trinajstić information content (AvgIpc) is 2.66. The van der Waals surface area contributed by atoms with Gasteiger partial charge in [0.2, 0.25) is 0 Å². The number of hydrogen-bond donors (Lipinski definition) is 1. The molecule has 0 atom stereocenters. The number of amides is 1. The Labute approximate surface area is 156 Å². The van der Waals surface area contributed by atoms with Crippen LogP contribution in [0.15, 0.2) is 59.5 Å². The van der Waals surface area contributed by atoms with E-state index < -0.39 is 0 Å². The first-order chi connectivity index (χ1) is 13.0. The van der Waals surface area contributed by atoms with Crippen molar-refractivity contribution < 1.29 is 4.79 Å². The van der Waals surface area contributed by atoms with Gasteiger partial charge in [0.05, 0.1) is 16.5 Å². The molecule has 0 saturated heterocycles. The Morgan fingerprint density at radius 2 is 1.85 bits per heavy atom. The highest BCUT2D eigenvalue weighted by molar-refractivity contribution is 6.02. The Morgan fingerprint density at radius 3 is 2.59 bits per heavy atom. The number of hydrogen-bond acceptors (Lipinski definition) is 3. The van der Waals surface area contributed by atoms with Crippen LogP contribution >= 0.6 is 0 Å². The van der Waals surface area contributed by atoms with Crippen LogP contribution in [0.1, 0.15) is 30.6 Å². The number of nitrogens with zero attached hydrogens (tertiary/aromatic N) is 2. The molecule has 5 heteroatoms. The van der Waals surface area contributed by atoms with Gasteiger partial charge in [-0.25, -0.2) is 4.98 Å². The molecule has 1 amide bonds. The lowest BCUT2D eigenvalue weighted by Gasteiger charge is -2.10. The Morgan fingerprint density at radius 1 is 1.11 bits per heavy atom. The van der Waals surface area contributed by atoms with Gasteiger partial charge in [-0.3, -0.25) is 14.0 Å². The summed E-state index contributed by atoms with van der Waals surface area (Å²) in [5, 5.41) is 5.48. The van der Waals surface area contributed by atoms with Gasteiger partial charge in [0.25, 0.3) is 11.5 Å². The lowest BCUT2D eigenvalue weighted by molar-refractivity contribution is 0.0953. The van der Waals surface area contributed by atoms with Gasteiger partial charge in [0.1, 0.15) is 0 Å². The summed E-state index contributed by atoms with van der Waals surface area (Å²) in [6.07, 6.45) is 2.56. The Balaban J connectivity index is 1.88. The second-order valence-corrected chi connectivity index (χ2v) is 7.19. The lowest BCUT2D eigenvalue weighted by Crippen LogP contribution is -2.27. The SMILES string of the molecule is CC(C)CCNC(=O)c1cccn2c(=O)c3cc4ccccc4cc3nc12. The van der Waals surface area contributed by atoms with Gasteiger partial charge in [0.15, 0.2) is 5.65 Å². The molecule has 4 aromatic rings. The predicted molar refractivity (Wildman–Crippen MR) is 108 cm³/mol. The van der Waals surface area contributed by atoms with E-state index in [0.29, 0.717) is 34.6 Å². The van der Waals surface area contributed by atoms with Crippen LogP contribution in [0.2, 0.25) is 0 Å². The van der Waals surface area contributed by atoms with Crippen LogP contribution in [0.5, 0.6) is 0 Å². The molecule has 2 heterocycles. The molecular weight excluding hydrogens is 338 g/mol. The summed E-state index contributed by atoms with van der Waals surface area (Å²) in [6.45, 7) is 4.82. The molecule has 136 valence electrons. The first-order valence-corrected chi connectivity index (χ1v) is 9.16. The molecule has 0 aliphatic rings. The van der Waals surface area contributed by atoms with Gasteiger partial charge >= 0.3 is 0 Å². The van der Waals surface area contributed by atoms with Crippen LogP contribution in [-0.4, -0.2) is 21.8 Å². The van der Waals surface area contributed by atoms with Crippen molar-refractivity contribution in [2.24, 2.45) is 5.92 Å². The first kappa shape index (κ1) is 17.2. The highest BCUT2D eigenvalue weighted by atomic mass is 16.1. The summed E-state index contributed by atoms with van der Waals surface area (Å²) in [5.74, 6) is 0.302. The van der Waals surface area contributed by atoms with Gasteiger partial charge in [-0.05, 0) is 47.4 Å². The minimum atomic E-state index is -0.208. The van der Waals surface area contributed by atoms with Gasteiger partial charge in [0, 0.05) is 12.7 Å². The van der Waals surface area contributed by atoms with Gasteiger partial charge < -0.3 is 5.32 Å². The third-order valence-corrected chi connectivity index (χ3v) is 4.76. The molecule has 27 heavy (non-hydrogen) atoms. The molecule has 2 aromatic heterocycles. The highest BCUT2D eigenvalue weighted by Gasteiger charge is 2.14. The Hall–Kier alpha value is -3.21. The maximum Gasteiger partial charge on any atom is 0.265 e. The monoisotopic (exact) mass is 359 g/mol. The maximum atomic E-state index is 13.0. The van der Waals surface area contributed by atoms with E-state index in [1.807, 2.05) is 36.4 Å². The van der Waals surface area contributed by atoms with Crippen molar-refractivity contribution in [2.75, 3.05) is 6.54 Å². The topological polar surface area (TPSA) is 63.5 Å². The molecule has 2 aromatic carbocycles. The Kier molecular flexibility index (Phi) is 4.36. The van der Waals surface area contributed by atoms with Crippen molar-refractivity contribution in [1.29, 1.82) is 0 Å². The summed E-state index contributed by atoms with van der Waals surface area (Å²) in [5.41, 5.74) is 1.22. The number of rotatable bonds is 4. The van der Waals surface area contributed by atoms with Crippen molar-refractivity contribution in [3.63, 3.8) is 0 Å². The smallest absolute Gasteiger partial charge is 0.265 e. The van der Waals surface area contributed by atoms with Crippen molar-refractivity contribution in [2.45, 2.75) is 20.3 Å². The third-order valence-electron chi connectivity index (χ3n) is 4.76. The quantitative estimate of drug-likeness (QED) is 0.564. The Bertz CT molecular complexity index is 1220. The molecule has 0 unspecified atom stereocenters. The van der Waals surface area contributed by atoms with E-state index in [1.54, 1.807) is 18.3 Å². The summed E-state index contributed by atoms with van der Waals surface area (Å²) in [7, 11) is 0. The molecule has 0 spiro atoms. The second-order valence-electron chi connectivity index (χ2n) is 7.19. The number of fused-ring (bicyclic) bond motifs is 3. The number of carbonyl (C=O) groups is 1.